The van der Waals surface area contributed by atoms with Crippen LogP contribution in [0.1, 0.15) is 15.9 Å². The van der Waals surface area contributed by atoms with Crippen LogP contribution in [-0.2, 0) is 0 Å². The summed E-state index contributed by atoms with van der Waals surface area (Å²) in [6, 6.07) is 11.7. The molecule has 2 heterocycles. The van der Waals surface area contributed by atoms with Crippen LogP contribution in [-0.4, -0.2) is 55.1 Å². The number of fused-ring (bicyclic) bond motifs is 1. The van der Waals surface area contributed by atoms with Crippen LogP contribution in [0.15, 0.2) is 36.4 Å². The van der Waals surface area contributed by atoms with E-state index in [0.29, 0.717) is 6.54 Å². The molecule has 1 N–H and O–H groups in total. The molecule has 1 amide bonds. The van der Waals surface area contributed by atoms with E-state index < -0.39 is 0 Å². The van der Waals surface area contributed by atoms with E-state index in [1.165, 1.54) is 4.70 Å². The highest BCUT2D eigenvalue weighted by Gasteiger charge is 2.20. The Morgan fingerprint density at radius 3 is 2.67 bits per heavy atom. The molecule has 0 radical (unpaired) electrons. The minimum absolute atomic E-state index is 0. The SMILES string of the molecule is Cc1c(Cl)ccc2sc(N3CCN(CCNC(=O)c4ccccc4I)CC3)nc12.Cl. The van der Waals surface area contributed by atoms with Gasteiger partial charge < -0.3 is 10.2 Å². The number of aryl methyl sites for hydroxylation is 1. The zero-order valence-corrected chi connectivity index (χ0v) is 21.1. The monoisotopic (exact) mass is 576 g/mol. The van der Waals surface area contributed by atoms with Gasteiger partial charge in [-0.05, 0) is 59.3 Å². The molecule has 0 unspecified atom stereocenters. The van der Waals surface area contributed by atoms with Gasteiger partial charge in [-0.15, -0.1) is 12.4 Å². The Morgan fingerprint density at radius 1 is 1.20 bits per heavy atom. The van der Waals surface area contributed by atoms with Crippen LogP contribution in [0.2, 0.25) is 5.02 Å². The Balaban J connectivity index is 0.00000256. The van der Waals surface area contributed by atoms with Gasteiger partial charge in [0.15, 0.2) is 5.13 Å². The number of rotatable bonds is 5. The Bertz CT molecular complexity index is 1040. The maximum absolute atomic E-state index is 12.3. The number of aromatic nitrogens is 1. The molecule has 1 saturated heterocycles. The number of nitrogens with one attached hydrogen (secondary N) is 1. The van der Waals surface area contributed by atoms with Gasteiger partial charge in [-0.2, -0.15) is 0 Å². The highest BCUT2D eigenvalue weighted by atomic mass is 127. The molecule has 0 atom stereocenters. The number of benzene rings is 2. The number of hydrogen-bond acceptors (Lipinski definition) is 5. The lowest BCUT2D eigenvalue weighted by Crippen LogP contribution is -2.48. The number of halogens is 3. The average Bonchev–Trinajstić information content (AvgIpc) is 3.17. The molecule has 1 fully saturated rings. The van der Waals surface area contributed by atoms with Gasteiger partial charge in [-0.25, -0.2) is 4.98 Å². The van der Waals surface area contributed by atoms with Crippen molar-refractivity contribution in [3.05, 3.63) is 56.1 Å². The van der Waals surface area contributed by atoms with Gasteiger partial charge in [0.25, 0.3) is 5.91 Å². The summed E-state index contributed by atoms with van der Waals surface area (Å²) in [5.74, 6) is -0.00265. The fraction of sp³-hybridized carbons (Fsp3) is 0.333. The van der Waals surface area contributed by atoms with Gasteiger partial charge in [-0.3, -0.25) is 9.69 Å². The number of anilines is 1. The molecule has 3 aromatic rings. The predicted molar refractivity (Wildman–Crippen MR) is 137 cm³/mol. The lowest BCUT2D eigenvalue weighted by molar-refractivity contribution is 0.0947. The molecule has 0 aliphatic carbocycles. The first-order chi connectivity index (χ1) is 14.0. The number of carbonyl (C=O) groups is 1. The van der Waals surface area contributed by atoms with Gasteiger partial charge in [0.05, 0.1) is 15.8 Å². The summed E-state index contributed by atoms with van der Waals surface area (Å²) < 4.78 is 2.16. The third-order valence-electron chi connectivity index (χ3n) is 5.21. The molecular formula is C21H23Cl2IN4OS. The van der Waals surface area contributed by atoms with Gasteiger partial charge in [0, 0.05) is 47.9 Å². The van der Waals surface area contributed by atoms with E-state index in [0.717, 1.165) is 63.1 Å². The fourth-order valence-electron chi connectivity index (χ4n) is 3.45. The fourth-order valence-corrected chi connectivity index (χ4v) is 5.32. The number of piperazine rings is 1. The number of thiazole rings is 1. The van der Waals surface area contributed by atoms with E-state index in [1.54, 1.807) is 11.3 Å². The molecule has 4 rings (SSSR count). The van der Waals surface area contributed by atoms with Crippen molar-refractivity contribution in [3.8, 4) is 0 Å². The Kier molecular flexibility index (Phi) is 8.20. The minimum atomic E-state index is -0.00265. The predicted octanol–water partition coefficient (Wildman–Crippen LogP) is 4.84. The first-order valence-electron chi connectivity index (χ1n) is 9.58. The van der Waals surface area contributed by atoms with Gasteiger partial charge in [0.1, 0.15) is 0 Å². The smallest absolute Gasteiger partial charge is 0.252 e. The van der Waals surface area contributed by atoms with Crippen LogP contribution in [0.3, 0.4) is 0 Å². The Morgan fingerprint density at radius 2 is 1.93 bits per heavy atom. The van der Waals surface area contributed by atoms with Crippen LogP contribution in [0.5, 0.6) is 0 Å². The van der Waals surface area contributed by atoms with Crippen molar-refractivity contribution in [1.29, 1.82) is 0 Å². The average molecular weight is 577 g/mol. The molecule has 0 spiro atoms. The largest absolute Gasteiger partial charge is 0.351 e. The molecule has 0 saturated carbocycles. The normalized spacial score (nSPS) is 14.6. The molecule has 1 aliphatic heterocycles. The maximum Gasteiger partial charge on any atom is 0.252 e. The molecule has 1 aromatic heterocycles. The molecule has 9 heteroatoms. The van der Waals surface area contributed by atoms with Crippen molar-refractivity contribution in [1.82, 2.24) is 15.2 Å². The zero-order chi connectivity index (χ0) is 20.4. The van der Waals surface area contributed by atoms with Crippen molar-refractivity contribution in [2.75, 3.05) is 44.2 Å². The van der Waals surface area contributed by atoms with E-state index >= 15 is 0 Å². The van der Waals surface area contributed by atoms with Crippen molar-refractivity contribution in [2.45, 2.75) is 6.92 Å². The summed E-state index contributed by atoms with van der Waals surface area (Å²) in [6.45, 7) is 7.36. The van der Waals surface area contributed by atoms with Crippen LogP contribution < -0.4 is 10.2 Å². The minimum Gasteiger partial charge on any atom is -0.351 e. The summed E-state index contributed by atoms with van der Waals surface area (Å²) in [5.41, 5.74) is 2.80. The van der Waals surface area contributed by atoms with Gasteiger partial charge in [-0.1, -0.05) is 35.1 Å². The highest BCUT2D eigenvalue weighted by molar-refractivity contribution is 14.1. The third-order valence-corrected chi connectivity index (χ3v) is 7.64. The molecule has 5 nitrogen and oxygen atoms in total. The summed E-state index contributed by atoms with van der Waals surface area (Å²) in [6.07, 6.45) is 0. The van der Waals surface area contributed by atoms with Crippen LogP contribution >= 0.6 is 57.9 Å². The summed E-state index contributed by atoms with van der Waals surface area (Å²) in [4.78, 5) is 21.9. The van der Waals surface area contributed by atoms with Gasteiger partial charge >= 0.3 is 0 Å². The lowest BCUT2D eigenvalue weighted by atomic mass is 10.2. The molecule has 2 aromatic carbocycles. The van der Waals surface area contributed by atoms with Crippen LogP contribution in [0, 0.1) is 10.5 Å². The van der Waals surface area contributed by atoms with Crippen LogP contribution in [0.4, 0.5) is 5.13 Å². The van der Waals surface area contributed by atoms with Crippen molar-refractivity contribution < 1.29 is 4.79 Å². The zero-order valence-electron chi connectivity index (χ0n) is 16.5. The number of amides is 1. The first kappa shape index (κ1) is 23.5. The highest BCUT2D eigenvalue weighted by Crippen LogP contribution is 2.33. The first-order valence-corrected chi connectivity index (χ1v) is 11.9. The van der Waals surface area contributed by atoms with E-state index in [-0.39, 0.29) is 18.3 Å². The lowest BCUT2D eigenvalue weighted by Gasteiger charge is -2.34. The molecule has 160 valence electrons. The summed E-state index contributed by atoms with van der Waals surface area (Å²) in [5, 5.41) is 4.87. The Hall–Kier alpha value is -1.13. The quantitative estimate of drug-likeness (QED) is 0.442. The second-order valence-electron chi connectivity index (χ2n) is 7.08. The number of nitrogens with zero attached hydrogens (tertiary/aromatic N) is 3. The molecule has 1 aliphatic rings. The van der Waals surface area contributed by atoms with Crippen LogP contribution in [0.25, 0.3) is 10.2 Å². The second kappa shape index (κ2) is 10.5. The second-order valence-corrected chi connectivity index (χ2v) is 9.66. The summed E-state index contributed by atoms with van der Waals surface area (Å²) >= 11 is 10.2. The molecule has 0 bridgehead atoms. The van der Waals surface area contributed by atoms with E-state index in [4.69, 9.17) is 16.6 Å². The van der Waals surface area contributed by atoms with Gasteiger partial charge in [0.2, 0.25) is 0 Å². The Labute approximate surface area is 205 Å². The van der Waals surface area contributed by atoms with E-state index in [2.05, 4.69) is 43.8 Å². The van der Waals surface area contributed by atoms with Crippen molar-refractivity contribution in [3.63, 3.8) is 0 Å². The molecular weight excluding hydrogens is 554 g/mol. The van der Waals surface area contributed by atoms with Crippen molar-refractivity contribution >= 4 is 79.2 Å². The standard InChI is InChI=1S/C21H22ClIN4OS.ClH/c1-14-16(22)6-7-18-19(14)25-21(29-18)27-12-10-26(11-13-27)9-8-24-20(28)15-4-2-3-5-17(15)23;/h2-7H,8-13H2,1H3,(H,24,28);1H. The van der Waals surface area contributed by atoms with E-state index in [1.807, 2.05) is 37.3 Å². The third kappa shape index (κ3) is 5.19. The topological polar surface area (TPSA) is 48.5 Å². The van der Waals surface area contributed by atoms with Crippen molar-refractivity contribution in [2.24, 2.45) is 0 Å². The summed E-state index contributed by atoms with van der Waals surface area (Å²) in [7, 11) is 0. The number of carbonyl (C=O) groups excluding carboxylic acids is 1. The molecule has 30 heavy (non-hydrogen) atoms. The van der Waals surface area contributed by atoms with E-state index in [9.17, 15) is 4.79 Å². The maximum atomic E-state index is 12.3. The number of hydrogen-bond donors (Lipinski definition) is 1.